The van der Waals surface area contributed by atoms with Crippen LogP contribution in [-0.2, 0) is 28.2 Å². The van der Waals surface area contributed by atoms with Gasteiger partial charge in [-0.1, -0.05) is 32.9 Å². The standard InChI is InChI=1S/C37H58N6O9Si/c1-34(2,3)50-31(45)42(24-17-18-24)29-27-28(39-30(40-29)43(32(46)51-35(4,5)6)33(47)52-36(7,8)9)41(22-38-27)25-16-15-23(19-25)20-48-26(44)21-49-53(13,14)37(10,11)12/h15-16,22-25H,17-21H2,1-14H3/t23-,25+/m1/s1. The van der Waals surface area contributed by atoms with Crippen LogP contribution in [0.4, 0.5) is 26.1 Å². The molecule has 2 aliphatic carbocycles. The highest BCUT2D eigenvalue weighted by molar-refractivity contribution is 6.74. The third-order valence-corrected chi connectivity index (χ3v) is 13.3. The summed E-state index contributed by atoms with van der Waals surface area (Å²) in [6.45, 7) is 25.8. The van der Waals surface area contributed by atoms with Gasteiger partial charge in [-0.25, -0.2) is 24.2 Å². The molecule has 0 aliphatic heterocycles. The number of rotatable bonds is 9. The molecule has 0 aromatic carbocycles. The van der Waals surface area contributed by atoms with Crippen molar-refractivity contribution in [2.24, 2.45) is 5.92 Å². The van der Waals surface area contributed by atoms with Crippen LogP contribution in [0.5, 0.6) is 0 Å². The quantitative estimate of drug-likeness (QED) is 0.105. The normalized spacial score (nSPS) is 18.2. The van der Waals surface area contributed by atoms with Gasteiger partial charge in [0, 0.05) is 12.0 Å². The van der Waals surface area contributed by atoms with Gasteiger partial charge >= 0.3 is 24.2 Å². The molecule has 4 rings (SSSR count). The topological polar surface area (TPSA) is 165 Å². The van der Waals surface area contributed by atoms with Gasteiger partial charge in [0.15, 0.2) is 25.3 Å². The third-order valence-electron chi connectivity index (χ3n) is 8.80. The van der Waals surface area contributed by atoms with Crippen LogP contribution >= 0.6 is 0 Å². The average Bonchev–Trinajstić information content (AvgIpc) is 3.51. The smallest absolute Gasteiger partial charge is 0.427 e. The molecule has 0 spiro atoms. The van der Waals surface area contributed by atoms with E-state index in [4.69, 9.17) is 28.4 Å². The Hall–Kier alpha value is -4.05. The summed E-state index contributed by atoms with van der Waals surface area (Å²) < 4.78 is 30.4. The fourth-order valence-electron chi connectivity index (χ4n) is 5.09. The monoisotopic (exact) mass is 758 g/mol. The Labute approximate surface area is 313 Å². The predicted molar refractivity (Wildman–Crippen MR) is 202 cm³/mol. The molecule has 0 unspecified atom stereocenters. The molecule has 16 heteroatoms. The van der Waals surface area contributed by atoms with Crippen molar-refractivity contribution < 1.29 is 42.6 Å². The second-order valence-electron chi connectivity index (χ2n) is 18.2. The van der Waals surface area contributed by atoms with Crippen molar-refractivity contribution in [3.63, 3.8) is 0 Å². The first kappa shape index (κ1) is 41.7. The number of imide groups is 1. The second kappa shape index (κ2) is 15.0. The second-order valence-corrected chi connectivity index (χ2v) is 23.0. The third kappa shape index (κ3) is 11.0. The van der Waals surface area contributed by atoms with Crippen molar-refractivity contribution in [1.29, 1.82) is 0 Å². The van der Waals surface area contributed by atoms with Crippen LogP contribution < -0.4 is 9.80 Å². The Morgan fingerprint density at radius 2 is 1.36 bits per heavy atom. The number of hydrogen-bond donors (Lipinski definition) is 0. The number of carbonyl (C=O) groups is 4. The minimum atomic E-state index is -2.12. The Morgan fingerprint density at radius 3 is 1.87 bits per heavy atom. The number of amides is 3. The molecule has 2 aromatic rings. The molecule has 2 heterocycles. The van der Waals surface area contributed by atoms with Gasteiger partial charge in [0.05, 0.1) is 19.0 Å². The minimum Gasteiger partial charge on any atom is -0.463 e. The summed E-state index contributed by atoms with van der Waals surface area (Å²) in [5.74, 6) is -0.818. The maximum Gasteiger partial charge on any atom is 0.427 e. The van der Waals surface area contributed by atoms with Crippen LogP contribution in [0.15, 0.2) is 18.5 Å². The van der Waals surface area contributed by atoms with Gasteiger partial charge in [0.2, 0.25) is 5.95 Å². The molecule has 0 radical (unpaired) electrons. The minimum absolute atomic E-state index is 0.0367. The molecule has 0 saturated heterocycles. The molecular weight excluding hydrogens is 701 g/mol. The Morgan fingerprint density at radius 1 is 0.811 bits per heavy atom. The lowest BCUT2D eigenvalue weighted by Gasteiger charge is -2.35. The first-order chi connectivity index (χ1) is 24.2. The van der Waals surface area contributed by atoms with Gasteiger partial charge in [0.1, 0.15) is 23.4 Å². The van der Waals surface area contributed by atoms with E-state index in [0.29, 0.717) is 24.2 Å². The highest BCUT2D eigenvalue weighted by Gasteiger charge is 2.42. The van der Waals surface area contributed by atoms with Crippen LogP contribution in [0.3, 0.4) is 0 Å². The Bertz CT molecular complexity index is 1700. The van der Waals surface area contributed by atoms with Crippen LogP contribution in [0, 0.1) is 5.92 Å². The summed E-state index contributed by atoms with van der Waals surface area (Å²) in [5, 5.41) is -0.0367. The molecule has 1 saturated carbocycles. The van der Waals surface area contributed by atoms with Crippen molar-refractivity contribution in [1.82, 2.24) is 19.5 Å². The first-order valence-corrected chi connectivity index (χ1v) is 21.1. The molecule has 53 heavy (non-hydrogen) atoms. The Kier molecular flexibility index (Phi) is 11.8. The number of carbonyl (C=O) groups excluding carboxylic acids is 4. The number of hydrogen-bond acceptors (Lipinski definition) is 12. The summed E-state index contributed by atoms with van der Waals surface area (Å²) in [6, 6.07) is -0.543. The van der Waals surface area contributed by atoms with E-state index in [1.54, 1.807) is 73.2 Å². The van der Waals surface area contributed by atoms with Gasteiger partial charge in [-0.05, 0) is 99.7 Å². The fraction of sp³-hybridized carbons (Fsp3) is 0.703. The number of aromatic nitrogens is 4. The van der Waals surface area contributed by atoms with Crippen LogP contribution in [-0.4, -0.2) is 88.1 Å². The van der Waals surface area contributed by atoms with E-state index in [9.17, 15) is 19.2 Å². The lowest BCUT2D eigenvalue weighted by atomic mass is 10.1. The zero-order valence-corrected chi connectivity index (χ0v) is 34.9. The van der Waals surface area contributed by atoms with Gasteiger partial charge in [-0.3, -0.25) is 4.90 Å². The SMILES string of the molecule is CC(C)(C)OC(=O)N(C(=O)OC(C)(C)C)c1nc(N(C(=O)OC(C)(C)C)C2CC2)c2ncn([C@H]3C=C[C@@H](COC(=O)CO[Si](C)(C)C(C)(C)C)C3)c2n1. The van der Waals surface area contributed by atoms with Crippen molar-refractivity contribution in [3.05, 3.63) is 18.5 Å². The summed E-state index contributed by atoms with van der Waals surface area (Å²) >= 11 is 0. The van der Waals surface area contributed by atoms with Gasteiger partial charge < -0.3 is 27.9 Å². The molecular formula is C37H58N6O9Si. The zero-order chi connectivity index (χ0) is 39.9. The Balaban J connectivity index is 1.72. The molecule has 15 nitrogen and oxygen atoms in total. The average molecular weight is 759 g/mol. The van der Waals surface area contributed by atoms with E-state index in [-0.39, 0.29) is 59.2 Å². The largest absolute Gasteiger partial charge is 0.463 e. The van der Waals surface area contributed by atoms with E-state index in [0.717, 1.165) is 0 Å². The molecule has 2 aliphatic rings. The van der Waals surface area contributed by atoms with Crippen molar-refractivity contribution in [3.8, 4) is 0 Å². The molecule has 1 fully saturated rings. The van der Waals surface area contributed by atoms with Crippen molar-refractivity contribution in [2.75, 3.05) is 23.0 Å². The first-order valence-electron chi connectivity index (χ1n) is 18.2. The van der Waals surface area contributed by atoms with Gasteiger partial charge in [0.25, 0.3) is 0 Å². The number of ether oxygens (including phenoxy) is 4. The van der Waals surface area contributed by atoms with Gasteiger partial charge in [-0.2, -0.15) is 9.97 Å². The zero-order valence-electron chi connectivity index (χ0n) is 33.9. The number of fused-ring (bicyclic) bond motifs is 1. The molecule has 2 atom stereocenters. The fourth-order valence-corrected chi connectivity index (χ4v) is 6.00. The summed E-state index contributed by atoms with van der Waals surface area (Å²) in [5.41, 5.74) is -2.25. The molecule has 294 valence electrons. The highest BCUT2D eigenvalue weighted by Crippen LogP contribution is 2.39. The summed E-state index contributed by atoms with van der Waals surface area (Å²) in [6.07, 6.45) is 4.65. The van der Waals surface area contributed by atoms with E-state index < -0.39 is 49.4 Å². The summed E-state index contributed by atoms with van der Waals surface area (Å²) in [7, 11) is -2.12. The number of nitrogens with zero attached hydrogens (tertiary/aromatic N) is 6. The summed E-state index contributed by atoms with van der Waals surface area (Å²) in [4.78, 5) is 69.9. The molecule has 2 aromatic heterocycles. The molecule has 0 bridgehead atoms. The predicted octanol–water partition coefficient (Wildman–Crippen LogP) is 8.09. The van der Waals surface area contributed by atoms with Crippen molar-refractivity contribution >= 4 is 55.5 Å². The van der Waals surface area contributed by atoms with Crippen LogP contribution in [0.2, 0.25) is 18.1 Å². The maximum atomic E-state index is 13.7. The number of imidazole rings is 1. The van der Waals surface area contributed by atoms with Gasteiger partial charge in [-0.15, -0.1) is 4.90 Å². The highest BCUT2D eigenvalue weighted by atomic mass is 28.4. The number of anilines is 2. The van der Waals surface area contributed by atoms with Crippen LogP contribution in [0.1, 0.15) is 108 Å². The van der Waals surface area contributed by atoms with E-state index in [1.807, 2.05) is 12.2 Å². The van der Waals surface area contributed by atoms with Crippen LogP contribution in [0.25, 0.3) is 11.2 Å². The van der Waals surface area contributed by atoms with E-state index >= 15 is 0 Å². The van der Waals surface area contributed by atoms with Crippen molar-refractivity contribution in [2.45, 2.75) is 149 Å². The molecule has 0 N–H and O–H groups in total. The van der Waals surface area contributed by atoms with E-state index in [2.05, 4.69) is 43.8 Å². The van der Waals surface area contributed by atoms with E-state index in [1.165, 1.54) is 4.90 Å². The lowest BCUT2D eigenvalue weighted by Crippen LogP contribution is -2.45. The number of esters is 1. The lowest BCUT2D eigenvalue weighted by molar-refractivity contribution is -0.147. The number of allylic oxidation sites excluding steroid dienone is 1. The maximum absolute atomic E-state index is 13.7. The molecule has 3 amide bonds.